The standard InChI is InChI=1S/C14H15N3O/c1-17-8-7-13(16-17)14(18)15-12-6-5-10-3-2-4-11(10)9-12/h5-9H,2-4H2,1H3,(H,15,18). The minimum atomic E-state index is -0.159. The van der Waals surface area contributed by atoms with Gasteiger partial charge in [-0.25, -0.2) is 0 Å². The van der Waals surface area contributed by atoms with Gasteiger partial charge >= 0.3 is 0 Å². The normalized spacial score (nSPS) is 13.4. The average molecular weight is 241 g/mol. The third kappa shape index (κ3) is 2.01. The van der Waals surface area contributed by atoms with E-state index in [1.807, 2.05) is 6.07 Å². The molecule has 4 nitrogen and oxygen atoms in total. The van der Waals surface area contributed by atoms with E-state index in [1.54, 1.807) is 24.0 Å². The molecule has 0 spiro atoms. The number of carbonyl (C=O) groups excluding carboxylic acids is 1. The van der Waals surface area contributed by atoms with Gasteiger partial charge in [0.1, 0.15) is 0 Å². The van der Waals surface area contributed by atoms with Crippen molar-refractivity contribution in [2.45, 2.75) is 19.3 Å². The number of carbonyl (C=O) groups is 1. The van der Waals surface area contributed by atoms with Gasteiger partial charge in [0.15, 0.2) is 5.69 Å². The van der Waals surface area contributed by atoms with Gasteiger partial charge in [-0.05, 0) is 48.6 Å². The number of hydrogen-bond donors (Lipinski definition) is 1. The predicted molar refractivity (Wildman–Crippen MR) is 69.6 cm³/mol. The van der Waals surface area contributed by atoms with Crippen LogP contribution < -0.4 is 5.32 Å². The topological polar surface area (TPSA) is 46.9 Å². The molecule has 4 heteroatoms. The molecular formula is C14H15N3O. The average Bonchev–Trinajstić information content (AvgIpc) is 2.96. The largest absolute Gasteiger partial charge is 0.321 e. The Kier molecular flexibility index (Phi) is 2.63. The molecule has 0 bridgehead atoms. The summed E-state index contributed by atoms with van der Waals surface area (Å²) in [6.07, 6.45) is 5.25. The van der Waals surface area contributed by atoms with Crippen LogP contribution in [0.5, 0.6) is 0 Å². The number of nitrogens with one attached hydrogen (secondary N) is 1. The Morgan fingerprint density at radius 1 is 1.28 bits per heavy atom. The number of benzene rings is 1. The highest BCUT2D eigenvalue weighted by Gasteiger charge is 2.13. The van der Waals surface area contributed by atoms with Gasteiger partial charge in [-0.2, -0.15) is 5.10 Å². The van der Waals surface area contributed by atoms with Crippen LogP contribution in [0.3, 0.4) is 0 Å². The maximum Gasteiger partial charge on any atom is 0.276 e. The minimum Gasteiger partial charge on any atom is -0.321 e. The van der Waals surface area contributed by atoms with Gasteiger partial charge in [0, 0.05) is 18.9 Å². The Morgan fingerprint density at radius 2 is 2.11 bits per heavy atom. The molecule has 0 radical (unpaired) electrons. The molecular weight excluding hydrogens is 226 g/mol. The fraction of sp³-hybridized carbons (Fsp3) is 0.286. The Hall–Kier alpha value is -2.10. The quantitative estimate of drug-likeness (QED) is 0.875. The number of fused-ring (bicyclic) bond motifs is 1. The fourth-order valence-corrected chi connectivity index (χ4v) is 2.38. The summed E-state index contributed by atoms with van der Waals surface area (Å²) in [4.78, 5) is 11.9. The monoisotopic (exact) mass is 241 g/mol. The van der Waals surface area contributed by atoms with Gasteiger partial charge in [0.05, 0.1) is 0 Å². The summed E-state index contributed by atoms with van der Waals surface area (Å²) in [5, 5.41) is 6.97. The molecule has 92 valence electrons. The molecule has 2 aromatic rings. The second kappa shape index (κ2) is 4.29. The molecule has 0 atom stereocenters. The highest BCUT2D eigenvalue weighted by molar-refractivity contribution is 6.02. The third-order valence-electron chi connectivity index (χ3n) is 3.30. The molecule has 1 N–H and O–H groups in total. The van der Waals surface area contributed by atoms with Crippen molar-refractivity contribution < 1.29 is 4.79 Å². The summed E-state index contributed by atoms with van der Waals surface area (Å²) in [5.41, 5.74) is 4.06. The molecule has 0 saturated carbocycles. The van der Waals surface area contributed by atoms with Crippen LogP contribution in [0.25, 0.3) is 0 Å². The van der Waals surface area contributed by atoms with Crippen molar-refractivity contribution in [1.29, 1.82) is 0 Å². The first kappa shape index (κ1) is 11.0. The van der Waals surface area contributed by atoms with E-state index in [4.69, 9.17) is 0 Å². The molecule has 1 heterocycles. The van der Waals surface area contributed by atoms with Crippen LogP contribution in [0.2, 0.25) is 0 Å². The van der Waals surface area contributed by atoms with E-state index in [9.17, 15) is 4.79 Å². The zero-order valence-electron chi connectivity index (χ0n) is 10.3. The number of rotatable bonds is 2. The van der Waals surface area contributed by atoms with E-state index in [0.717, 1.165) is 18.5 Å². The summed E-state index contributed by atoms with van der Waals surface area (Å²) in [6, 6.07) is 7.85. The van der Waals surface area contributed by atoms with Gasteiger partial charge in [0.2, 0.25) is 0 Å². The fourth-order valence-electron chi connectivity index (χ4n) is 2.38. The first-order valence-electron chi connectivity index (χ1n) is 6.15. The lowest BCUT2D eigenvalue weighted by Crippen LogP contribution is -2.13. The smallest absolute Gasteiger partial charge is 0.276 e. The molecule has 0 aliphatic heterocycles. The Bertz CT molecular complexity index is 601. The number of nitrogens with zero attached hydrogens (tertiary/aromatic N) is 2. The van der Waals surface area contributed by atoms with Crippen LogP contribution in [0.15, 0.2) is 30.5 Å². The zero-order valence-corrected chi connectivity index (χ0v) is 10.3. The van der Waals surface area contributed by atoms with Crippen LogP contribution >= 0.6 is 0 Å². The molecule has 3 rings (SSSR count). The van der Waals surface area contributed by atoms with Crippen molar-refractivity contribution >= 4 is 11.6 Å². The lowest BCUT2D eigenvalue weighted by atomic mass is 10.1. The first-order chi connectivity index (χ1) is 8.72. The highest BCUT2D eigenvalue weighted by Crippen LogP contribution is 2.25. The number of hydrogen-bond acceptors (Lipinski definition) is 2. The zero-order chi connectivity index (χ0) is 12.5. The summed E-state index contributed by atoms with van der Waals surface area (Å²) in [6.45, 7) is 0. The Balaban J connectivity index is 1.78. The van der Waals surface area contributed by atoms with E-state index in [-0.39, 0.29) is 5.91 Å². The molecule has 1 amide bonds. The maximum atomic E-state index is 11.9. The number of anilines is 1. The molecule has 0 fully saturated rings. The number of aryl methyl sites for hydroxylation is 3. The van der Waals surface area contributed by atoms with Crippen LogP contribution in [-0.2, 0) is 19.9 Å². The molecule has 0 unspecified atom stereocenters. The molecule has 1 aromatic carbocycles. The van der Waals surface area contributed by atoms with Crippen LogP contribution in [0.4, 0.5) is 5.69 Å². The number of aromatic nitrogens is 2. The summed E-state index contributed by atoms with van der Waals surface area (Å²) < 4.78 is 1.62. The van der Waals surface area contributed by atoms with Gasteiger partial charge < -0.3 is 5.32 Å². The molecule has 1 aromatic heterocycles. The lowest BCUT2D eigenvalue weighted by molar-refractivity contribution is 0.102. The van der Waals surface area contributed by atoms with Crippen LogP contribution in [0, 0.1) is 0 Å². The highest BCUT2D eigenvalue weighted by atomic mass is 16.1. The second-order valence-corrected chi connectivity index (χ2v) is 4.67. The summed E-state index contributed by atoms with van der Waals surface area (Å²) in [5.74, 6) is -0.159. The lowest BCUT2D eigenvalue weighted by Gasteiger charge is -2.06. The minimum absolute atomic E-state index is 0.159. The third-order valence-corrected chi connectivity index (χ3v) is 3.30. The van der Waals surface area contributed by atoms with Gasteiger partial charge in [-0.15, -0.1) is 0 Å². The predicted octanol–water partition coefficient (Wildman–Crippen LogP) is 2.16. The molecule has 18 heavy (non-hydrogen) atoms. The van der Waals surface area contributed by atoms with Crippen molar-refractivity contribution in [2.75, 3.05) is 5.32 Å². The van der Waals surface area contributed by atoms with E-state index >= 15 is 0 Å². The van der Waals surface area contributed by atoms with Crippen molar-refractivity contribution in [2.24, 2.45) is 7.05 Å². The SMILES string of the molecule is Cn1ccc(C(=O)Nc2ccc3c(c2)CCC3)n1. The first-order valence-corrected chi connectivity index (χ1v) is 6.15. The van der Waals surface area contributed by atoms with E-state index < -0.39 is 0 Å². The summed E-state index contributed by atoms with van der Waals surface area (Å²) >= 11 is 0. The van der Waals surface area contributed by atoms with Crippen LogP contribution in [0.1, 0.15) is 28.0 Å². The summed E-state index contributed by atoms with van der Waals surface area (Å²) in [7, 11) is 1.80. The van der Waals surface area contributed by atoms with Crippen molar-refractivity contribution in [3.63, 3.8) is 0 Å². The van der Waals surface area contributed by atoms with Crippen molar-refractivity contribution in [3.05, 3.63) is 47.3 Å². The van der Waals surface area contributed by atoms with Crippen molar-refractivity contribution in [1.82, 2.24) is 9.78 Å². The number of amides is 1. The van der Waals surface area contributed by atoms with Gasteiger partial charge in [0.25, 0.3) is 5.91 Å². The van der Waals surface area contributed by atoms with E-state index in [2.05, 4.69) is 22.5 Å². The molecule has 1 aliphatic carbocycles. The van der Waals surface area contributed by atoms with Gasteiger partial charge in [-0.1, -0.05) is 6.07 Å². The molecule has 1 aliphatic rings. The Morgan fingerprint density at radius 3 is 2.89 bits per heavy atom. The molecule has 0 saturated heterocycles. The maximum absolute atomic E-state index is 11.9. The van der Waals surface area contributed by atoms with E-state index in [1.165, 1.54) is 17.5 Å². The Labute approximate surface area is 106 Å². The second-order valence-electron chi connectivity index (χ2n) is 4.67. The van der Waals surface area contributed by atoms with Crippen LogP contribution in [-0.4, -0.2) is 15.7 Å². The van der Waals surface area contributed by atoms with E-state index in [0.29, 0.717) is 5.69 Å². The van der Waals surface area contributed by atoms with Gasteiger partial charge in [-0.3, -0.25) is 9.48 Å². The van der Waals surface area contributed by atoms with Crippen molar-refractivity contribution in [3.8, 4) is 0 Å².